The van der Waals surface area contributed by atoms with Gasteiger partial charge < -0.3 is 9.84 Å². The predicted molar refractivity (Wildman–Crippen MR) is 79.5 cm³/mol. The average molecular weight is 287 g/mol. The van der Waals surface area contributed by atoms with Crippen molar-refractivity contribution in [2.24, 2.45) is 0 Å². The van der Waals surface area contributed by atoms with Crippen LogP contribution in [0.5, 0.6) is 0 Å². The molecule has 6 nitrogen and oxygen atoms in total. The number of hydrogen-bond donors (Lipinski definition) is 1. The Morgan fingerprint density at radius 3 is 3.14 bits per heavy atom. The first kappa shape index (κ1) is 14.2. The second-order valence-corrected chi connectivity index (χ2v) is 5.40. The van der Waals surface area contributed by atoms with Gasteiger partial charge in [0.1, 0.15) is 5.69 Å². The minimum atomic E-state index is 0.550. The van der Waals surface area contributed by atoms with Gasteiger partial charge in [0.2, 0.25) is 11.7 Å². The molecule has 21 heavy (non-hydrogen) atoms. The largest absolute Gasteiger partial charge is 0.337 e. The highest BCUT2D eigenvalue weighted by atomic mass is 16.5. The van der Waals surface area contributed by atoms with Crippen LogP contribution in [0.3, 0.4) is 0 Å². The smallest absolute Gasteiger partial charge is 0.241 e. The summed E-state index contributed by atoms with van der Waals surface area (Å²) in [5.74, 6) is 1.23. The van der Waals surface area contributed by atoms with E-state index in [1.807, 2.05) is 25.2 Å². The molecule has 1 N–H and O–H groups in total. The highest BCUT2D eigenvalue weighted by Gasteiger charge is 2.23. The molecule has 0 saturated carbocycles. The fraction of sp³-hybridized carbons (Fsp3) is 0.533. The molecule has 1 atom stereocenters. The zero-order valence-electron chi connectivity index (χ0n) is 12.3. The SMILES string of the molecule is CNCC1CCCCN1Cc1nc(-c2ccccn2)no1. The van der Waals surface area contributed by atoms with E-state index in [2.05, 4.69) is 25.3 Å². The molecule has 3 heterocycles. The van der Waals surface area contributed by atoms with Gasteiger partial charge in [0.25, 0.3) is 0 Å². The maximum absolute atomic E-state index is 5.39. The van der Waals surface area contributed by atoms with Gasteiger partial charge in [-0.15, -0.1) is 0 Å². The number of likely N-dealkylation sites (tertiary alicyclic amines) is 1. The predicted octanol–water partition coefficient (Wildman–Crippen LogP) is 1.71. The third-order valence-corrected chi connectivity index (χ3v) is 3.89. The van der Waals surface area contributed by atoms with Crippen LogP contribution < -0.4 is 5.32 Å². The van der Waals surface area contributed by atoms with Crippen LogP contribution in [0.15, 0.2) is 28.9 Å². The third-order valence-electron chi connectivity index (χ3n) is 3.89. The van der Waals surface area contributed by atoms with Crippen LogP contribution >= 0.6 is 0 Å². The summed E-state index contributed by atoms with van der Waals surface area (Å²) >= 11 is 0. The number of nitrogens with one attached hydrogen (secondary N) is 1. The van der Waals surface area contributed by atoms with E-state index in [-0.39, 0.29) is 0 Å². The first-order valence-corrected chi connectivity index (χ1v) is 7.49. The maximum Gasteiger partial charge on any atom is 0.241 e. The van der Waals surface area contributed by atoms with Crippen molar-refractivity contribution in [3.05, 3.63) is 30.3 Å². The summed E-state index contributed by atoms with van der Waals surface area (Å²) in [6, 6.07) is 6.24. The van der Waals surface area contributed by atoms with Crippen LogP contribution in [0.1, 0.15) is 25.2 Å². The Bertz CT molecular complexity index is 554. The number of nitrogens with zero attached hydrogens (tertiary/aromatic N) is 4. The number of likely N-dealkylation sites (N-methyl/N-ethyl adjacent to an activating group) is 1. The lowest BCUT2D eigenvalue weighted by molar-refractivity contribution is 0.123. The van der Waals surface area contributed by atoms with Crippen molar-refractivity contribution in [1.29, 1.82) is 0 Å². The molecule has 2 aromatic heterocycles. The lowest BCUT2D eigenvalue weighted by Gasteiger charge is -2.34. The van der Waals surface area contributed by atoms with Gasteiger partial charge in [-0.25, -0.2) is 0 Å². The van der Waals surface area contributed by atoms with E-state index in [1.54, 1.807) is 6.20 Å². The fourth-order valence-electron chi connectivity index (χ4n) is 2.83. The number of hydrogen-bond acceptors (Lipinski definition) is 6. The Balaban J connectivity index is 1.69. The Hall–Kier alpha value is -1.79. The van der Waals surface area contributed by atoms with E-state index in [1.165, 1.54) is 19.3 Å². The van der Waals surface area contributed by atoms with Crippen LogP contribution in [-0.2, 0) is 6.54 Å². The van der Waals surface area contributed by atoms with Crippen LogP contribution in [0.2, 0.25) is 0 Å². The van der Waals surface area contributed by atoms with Crippen LogP contribution in [0.4, 0.5) is 0 Å². The summed E-state index contributed by atoms with van der Waals surface area (Å²) in [6.07, 6.45) is 5.49. The molecule has 0 radical (unpaired) electrons. The van der Waals surface area contributed by atoms with Crippen molar-refractivity contribution < 1.29 is 4.52 Å². The number of pyridine rings is 1. The van der Waals surface area contributed by atoms with E-state index in [0.29, 0.717) is 24.3 Å². The lowest BCUT2D eigenvalue weighted by atomic mass is 10.0. The Morgan fingerprint density at radius 1 is 1.38 bits per heavy atom. The zero-order valence-corrected chi connectivity index (χ0v) is 12.3. The number of rotatable bonds is 5. The molecule has 1 aliphatic rings. The molecule has 0 amide bonds. The molecular formula is C15H21N5O. The normalized spacial score (nSPS) is 19.8. The molecule has 2 aromatic rings. The first-order valence-electron chi connectivity index (χ1n) is 7.49. The molecule has 1 unspecified atom stereocenters. The second-order valence-electron chi connectivity index (χ2n) is 5.40. The van der Waals surface area contributed by atoms with Crippen LogP contribution in [-0.4, -0.2) is 46.2 Å². The van der Waals surface area contributed by atoms with Gasteiger partial charge in [-0.1, -0.05) is 17.6 Å². The molecule has 0 bridgehead atoms. The first-order chi connectivity index (χ1) is 10.4. The van der Waals surface area contributed by atoms with Crippen molar-refractivity contribution in [2.75, 3.05) is 20.1 Å². The topological polar surface area (TPSA) is 67.1 Å². The molecule has 3 rings (SSSR count). The third kappa shape index (κ3) is 3.46. The van der Waals surface area contributed by atoms with Gasteiger partial charge >= 0.3 is 0 Å². The van der Waals surface area contributed by atoms with Gasteiger partial charge in [-0.3, -0.25) is 9.88 Å². The minimum Gasteiger partial charge on any atom is -0.337 e. The van der Waals surface area contributed by atoms with Crippen molar-refractivity contribution in [3.63, 3.8) is 0 Å². The highest BCUT2D eigenvalue weighted by molar-refractivity contribution is 5.46. The van der Waals surface area contributed by atoms with Crippen molar-refractivity contribution in [1.82, 2.24) is 25.3 Å². The fourth-order valence-corrected chi connectivity index (χ4v) is 2.83. The summed E-state index contributed by atoms with van der Waals surface area (Å²) in [4.78, 5) is 11.1. The van der Waals surface area contributed by atoms with E-state index < -0.39 is 0 Å². The summed E-state index contributed by atoms with van der Waals surface area (Å²) in [7, 11) is 2.00. The Labute approximate surface area is 124 Å². The second kappa shape index (κ2) is 6.78. The Kier molecular flexibility index (Phi) is 4.57. The van der Waals surface area contributed by atoms with Gasteiger partial charge in [-0.2, -0.15) is 4.98 Å². The molecule has 0 spiro atoms. The van der Waals surface area contributed by atoms with E-state index >= 15 is 0 Å². The molecule has 1 aliphatic heterocycles. The molecule has 1 saturated heterocycles. The van der Waals surface area contributed by atoms with Crippen molar-refractivity contribution in [2.45, 2.75) is 31.8 Å². The van der Waals surface area contributed by atoms with Gasteiger partial charge in [0.05, 0.1) is 6.54 Å². The minimum absolute atomic E-state index is 0.550. The maximum atomic E-state index is 5.39. The Morgan fingerprint density at radius 2 is 2.33 bits per heavy atom. The molecule has 0 aliphatic carbocycles. The molecular weight excluding hydrogens is 266 g/mol. The standard InChI is InChI=1S/C15H21N5O/c1-16-10-12-6-3-5-9-20(12)11-14-18-15(19-21-14)13-7-2-4-8-17-13/h2,4,7-8,12,16H,3,5-6,9-11H2,1H3. The number of piperidine rings is 1. The average Bonchev–Trinajstić information content (AvgIpc) is 2.99. The molecule has 6 heteroatoms. The summed E-state index contributed by atoms with van der Waals surface area (Å²) in [5, 5.41) is 7.30. The van der Waals surface area contributed by atoms with E-state index in [9.17, 15) is 0 Å². The lowest BCUT2D eigenvalue weighted by Crippen LogP contribution is -2.44. The number of aromatic nitrogens is 3. The van der Waals surface area contributed by atoms with Crippen LogP contribution in [0.25, 0.3) is 11.5 Å². The van der Waals surface area contributed by atoms with E-state index in [0.717, 1.165) is 18.8 Å². The summed E-state index contributed by atoms with van der Waals surface area (Å²) < 4.78 is 5.39. The van der Waals surface area contributed by atoms with Gasteiger partial charge in [0, 0.05) is 18.8 Å². The van der Waals surface area contributed by atoms with Crippen molar-refractivity contribution >= 4 is 0 Å². The highest BCUT2D eigenvalue weighted by Crippen LogP contribution is 2.20. The molecule has 112 valence electrons. The quantitative estimate of drug-likeness (QED) is 0.903. The monoisotopic (exact) mass is 287 g/mol. The molecule has 1 fully saturated rings. The van der Waals surface area contributed by atoms with Crippen molar-refractivity contribution in [3.8, 4) is 11.5 Å². The van der Waals surface area contributed by atoms with Crippen LogP contribution in [0, 0.1) is 0 Å². The zero-order chi connectivity index (χ0) is 14.5. The summed E-state index contributed by atoms with van der Waals surface area (Å²) in [5.41, 5.74) is 0.748. The van der Waals surface area contributed by atoms with Gasteiger partial charge in [-0.05, 0) is 38.6 Å². The summed E-state index contributed by atoms with van der Waals surface area (Å²) in [6.45, 7) is 2.81. The van der Waals surface area contributed by atoms with E-state index in [4.69, 9.17) is 4.52 Å². The molecule has 0 aromatic carbocycles. The van der Waals surface area contributed by atoms with Gasteiger partial charge in [0.15, 0.2) is 0 Å².